The maximum Gasteiger partial charge on any atom is 0.490 e. The first-order valence-corrected chi connectivity index (χ1v) is 8.16. The number of carboxylic acid groups (broad SMARTS) is 1. The molecule has 3 rings (SSSR count). The minimum Gasteiger partial charge on any atom is -0.486 e. The van der Waals surface area contributed by atoms with Gasteiger partial charge in [0.1, 0.15) is 11.9 Å². The van der Waals surface area contributed by atoms with E-state index in [0.717, 1.165) is 29.2 Å². The molecule has 2 aromatic carbocycles. The Morgan fingerprint density at radius 3 is 2.23 bits per heavy atom. The zero-order valence-electron chi connectivity index (χ0n) is 13.2. The number of hydrogen-bond donors (Lipinski definition) is 2. The third-order valence-electron chi connectivity index (χ3n) is 3.40. The Labute approximate surface area is 157 Å². The van der Waals surface area contributed by atoms with Crippen molar-refractivity contribution in [2.24, 2.45) is 0 Å². The number of benzene rings is 2. The summed E-state index contributed by atoms with van der Waals surface area (Å²) < 4.78 is 37.6. The van der Waals surface area contributed by atoms with Gasteiger partial charge in [-0.1, -0.05) is 47.5 Å². The van der Waals surface area contributed by atoms with E-state index in [-0.39, 0.29) is 6.10 Å². The summed E-state index contributed by atoms with van der Waals surface area (Å²) in [7, 11) is 0. The van der Waals surface area contributed by atoms with Gasteiger partial charge in [-0.25, -0.2) is 4.79 Å². The number of carboxylic acids is 1. The van der Waals surface area contributed by atoms with Gasteiger partial charge in [0.05, 0.1) is 5.02 Å². The molecular formula is C17H14Cl2F3NO3. The monoisotopic (exact) mass is 407 g/mol. The zero-order valence-corrected chi connectivity index (χ0v) is 14.7. The summed E-state index contributed by atoms with van der Waals surface area (Å²) in [5.74, 6) is -2.04. The molecule has 0 unspecified atom stereocenters. The first-order valence-electron chi connectivity index (χ1n) is 7.40. The van der Waals surface area contributed by atoms with Crippen LogP contribution in [0.25, 0.3) is 11.1 Å². The highest BCUT2D eigenvalue weighted by Crippen LogP contribution is 2.34. The van der Waals surface area contributed by atoms with Crippen molar-refractivity contribution >= 4 is 29.2 Å². The van der Waals surface area contributed by atoms with Crippen molar-refractivity contribution in [1.82, 2.24) is 5.32 Å². The number of hydrogen-bond acceptors (Lipinski definition) is 3. The fourth-order valence-electron chi connectivity index (χ4n) is 1.98. The molecule has 0 saturated carbocycles. The average molecular weight is 408 g/mol. The molecule has 26 heavy (non-hydrogen) atoms. The van der Waals surface area contributed by atoms with Gasteiger partial charge in [0.2, 0.25) is 0 Å². The van der Waals surface area contributed by atoms with Crippen molar-refractivity contribution in [1.29, 1.82) is 0 Å². The Morgan fingerprint density at radius 2 is 1.73 bits per heavy atom. The van der Waals surface area contributed by atoms with E-state index >= 15 is 0 Å². The molecule has 0 atom stereocenters. The maximum absolute atomic E-state index is 10.6. The molecule has 1 saturated heterocycles. The quantitative estimate of drug-likeness (QED) is 0.777. The van der Waals surface area contributed by atoms with E-state index in [1.807, 2.05) is 42.5 Å². The van der Waals surface area contributed by atoms with Gasteiger partial charge in [-0.3, -0.25) is 0 Å². The highest BCUT2D eigenvalue weighted by Gasteiger charge is 2.38. The lowest BCUT2D eigenvalue weighted by atomic mass is 10.1. The summed E-state index contributed by atoms with van der Waals surface area (Å²) in [6, 6.07) is 13.5. The molecule has 2 N–H and O–H groups in total. The van der Waals surface area contributed by atoms with E-state index < -0.39 is 12.1 Å². The Hall–Kier alpha value is -1.96. The standard InChI is InChI=1S/C15H13Cl2NO.C2HF3O2/c16-13-4-2-1-3-12(13)10-5-6-14(17)15(7-10)19-11-8-18-9-11;3-2(4,5)1(6)7/h1-7,11,18H,8-9H2;(H,6,7). The largest absolute Gasteiger partial charge is 0.490 e. The lowest BCUT2D eigenvalue weighted by molar-refractivity contribution is -0.192. The maximum atomic E-state index is 10.6. The molecule has 2 aromatic rings. The van der Waals surface area contributed by atoms with Crippen molar-refractivity contribution in [3.63, 3.8) is 0 Å². The van der Waals surface area contributed by atoms with E-state index in [1.54, 1.807) is 0 Å². The highest BCUT2D eigenvalue weighted by atomic mass is 35.5. The number of rotatable bonds is 3. The van der Waals surface area contributed by atoms with Crippen molar-refractivity contribution < 1.29 is 27.8 Å². The van der Waals surface area contributed by atoms with Crippen LogP contribution in [0, 0.1) is 0 Å². The first-order chi connectivity index (χ1) is 12.2. The van der Waals surface area contributed by atoms with Gasteiger partial charge in [-0.15, -0.1) is 0 Å². The summed E-state index contributed by atoms with van der Waals surface area (Å²) in [5, 5.41) is 11.6. The molecule has 0 aromatic heterocycles. The smallest absolute Gasteiger partial charge is 0.486 e. The third kappa shape index (κ3) is 5.52. The molecule has 4 nitrogen and oxygen atoms in total. The molecule has 9 heteroatoms. The van der Waals surface area contributed by atoms with Gasteiger partial charge in [0.15, 0.2) is 0 Å². The van der Waals surface area contributed by atoms with E-state index in [9.17, 15) is 13.2 Å². The molecule has 1 heterocycles. The van der Waals surface area contributed by atoms with Crippen LogP contribution >= 0.6 is 23.2 Å². The van der Waals surface area contributed by atoms with Crippen LogP contribution in [-0.2, 0) is 4.79 Å². The summed E-state index contributed by atoms with van der Waals surface area (Å²) >= 11 is 12.4. The molecule has 140 valence electrons. The van der Waals surface area contributed by atoms with Crippen LogP contribution in [0.5, 0.6) is 5.75 Å². The van der Waals surface area contributed by atoms with Gasteiger partial charge >= 0.3 is 12.1 Å². The van der Waals surface area contributed by atoms with Gasteiger partial charge in [-0.2, -0.15) is 13.2 Å². The Balaban J connectivity index is 0.000000298. The van der Waals surface area contributed by atoms with Crippen LogP contribution in [0.3, 0.4) is 0 Å². The molecule has 0 spiro atoms. The van der Waals surface area contributed by atoms with E-state index in [1.165, 1.54) is 0 Å². The van der Waals surface area contributed by atoms with E-state index in [2.05, 4.69) is 5.32 Å². The molecule has 0 aliphatic carbocycles. The molecule has 1 fully saturated rings. The Bertz CT molecular complexity index is 780. The van der Waals surface area contributed by atoms with Crippen molar-refractivity contribution in [2.75, 3.05) is 13.1 Å². The first kappa shape index (κ1) is 20.4. The zero-order chi connectivity index (χ0) is 19.3. The second-order valence-electron chi connectivity index (χ2n) is 5.33. The fraction of sp³-hybridized carbons (Fsp3) is 0.235. The number of carbonyl (C=O) groups is 1. The van der Waals surface area contributed by atoms with Crippen molar-refractivity contribution in [2.45, 2.75) is 12.3 Å². The second kappa shape index (κ2) is 8.62. The fourth-order valence-corrected chi connectivity index (χ4v) is 2.39. The van der Waals surface area contributed by atoms with Crippen LogP contribution < -0.4 is 10.1 Å². The topological polar surface area (TPSA) is 58.6 Å². The van der Waals surface area contributed by atoms with Gasteiger partial charge in [-0.05, 0) is 23.8 Å². The van der Waals surface area contributed by atoms with Crippen LogP contribution in [0.4, 0.5) is 13.2 Å². The molecule has 1 aliphatic rings. The van der Waals surface area contributed by atoms with E-state index in [4.69, 9.17) is 37.8 Å². The van der Waals surface area contributed by atoms with Gasteiger partial charge < -0.3 is 15.2 Å². The second-order valence-corrected chi connectivity index (χ2v) is 6.14. The minimum absolute atomic E-state index is 0.207. The SMILES string of the molecule is Clc1ccc(-c2ccccc2Cl)cc1OC1CNC1.O=C(O)C(F)(F)F. The van der Waals surface area contributed by atoms with Crippen LogP contribution in [0.1, 0.15) is 0 Å². The Morgan fingerprint density at radius 1 is 1.12 bits per heavy atom. The number of aliphatic carboxylic acids is 1. The summed E-state index contributed by atoms with van der Waals surface area (Å²) in [6.45, 7) is 1.74. The van der Waals surface area contributed by atoms with Gasteiger partial charge in [0, 0.05) is 23.7 Å². The van der Waals surface area contributed by atoms with Crippen molar-refractivity contribution in [3.05, 3.63) is 52.5 Å². The lowest BCUT2D eigenvalue weighted by Crippen LogP contribution is -2.50. The number of nitrogens with one attached hydrogen (secondary N) is 1. The molecule has 0 radical (unpaired) electrons. The predicted molar refractivity (Wildman–Crippen MR) is 92.9 cm³/mol. The van der Waals surface area contributed by atoms with Crippen molar-refractivity contribution in [3.8, 4) is 16.9 Å². The molecule has 0 amide bonds. The molecule has 0 bridgehead atoms. The number of ether oxygens (including phenoxy) is 1. The Kier molecular flexibility index (Phi) is 6.75. The van der Waals surface area contributed by atoms with Crippen LogP contribution in [0.15, 0.2) is 42.5 Å². The normalized spacial score (nSPS) is 14.0. The van der Waals surface area contributed by atoms with E-state index in [0.29, 0.717) is 10.8 Å². The minimum atomic E-state index is -5.08. The summed E-state index contributed by atoms with van der Waals surface area (Å²) in [5.41, 5.74) is 2.00. The summed E-state index contributed by atoms with van der Waals surface area (Å²) in [4.78, 5) is 8.90. The third-order valence-corrected chi connectivity index (χ3v) is 4.04. The number of halogens is 5. The van der Waals surface area contributed by atoms with Gasteiger partial charge in [0.25, 0.3) is 0 Å². The average Bonchev–Trinajstić information content (AvgIpc) is 2.53. The highest BCUT2D eigenvalue weighted by molar-refractivity contribution is 6.33. The lowest BCUT2D eigenvalue weighted by Gasteiger charge is -2.28. The van der Waals surface area contributed by atoms with Crippen LogP contribution in [0.2, 0.25) is 10.0 Å². The molecule has 1 aliphatic heterocycles. The van der Waals surface area contributed by atoms with Crippen LogP contribution in [-0.4, -0.2) is 36.4 Å². The predicted octanol–water partition coefficient (Wildman–Crippen LogP) is 4.64. The summed E-state index contributed by atoms with van der Waals surface area (Å²) in [6.07, 6.45) is -4.88. The molecular weight excluding hydrogens is 394 g/mol. The number of alkyl halides is 3.